The summed E-state index contributed by atoms with van der Waals surface area (Å²) in [5.74, 6) is 0.973. The van der Waals surface area contributed by atoms with Gasteiger partial charge >= 0.3 is 0 Å². The number of para-hydroxylation sites is 1. The lowest BCUT2D eigenvalue weighted by molar-refractivity contribution is 0.592. The van der Waals surface area contributed by atoms with Crippen molar-refractivity contribution in [1.29, 1.82) is 0 Å². The van der Waals surface area contributed by atoms with Crippen LogP contribution in [0.2, 0.25) is 0 Å². The molecule has 2 heterocycles. The Morgan fingerprint density at radius 2 is 1.95 bits per heavy atom. The smallest absolute Gasteiger partial charge is 0.227 e. The van der Waals surface area contributed by atoms with E-state index in [4.69, 9.17) is 0 Å². The van der Waals surface area contributed by atoms with E-state index in [0.717, 1.165) is 35.7 Å². The maximum Gasteiger partial charge on any atom is 0.248 e. The van der Waals surface area contributed by atoms with Gasteiger partial charge in [0.15, 0.2) is 5.82 Å². The summed E-state index contributed by atoms with van der Waals surface area (Å²) >= 11 is 0. The van der Waals surface area contributed by atoms with Crippen molar-refractivity contribution in [2.75, 3.05) is 6.26 Å². The fourth-order valence-corrected chi connectivity index (χ4v) is 3.06. The predicted octanol–water partition coefficient (Wildman–Crippen LogP) is 2.10. The molecule has 0 unspecified atom stereocenters. The van der Waals surface area contributed by atoms with Crippen molar-refractivity contribution in [3.63, 3.8) is 0 Å². The van der Waals surface area contributed by atoms with Gasteiger partial charge in [-0.3, -0.25) is 0 Å². The molecule has 1 fully saturated rings. The molecule has 0 bridgehead atoms. The molecule has 0 amide bonds. The molecule has 0 N–H and O–H groups in total. The summed E-state index contributed by atoms with van der Waals surface area (Å²) in [6, 6.07) is 9.62. The van der Waals surface area contributed by atoms with Gasteiger partial charge in [0, 0.05) is 29.8 Å². The number of benzene rings is 1. The third kappa shape index (κ3) is 2.18. The zero-order valence-corrected chi connectivity index (χ0v) is 12.8. The van der Waals surface area contributed by atoms with E-state index in [1.54, 1.807) is 10.7 Å². The standard InChI is InChI=1S/C15H14N4O2S/c1-22(20,21)15-16-9-8-13(17-15)19-12-5-3-2-4-11(12)14(18-19)10-6-7-10/h2-5,8-10H,6-7H2,1H3. The van der Waals surface area contributed by atoms with Crippen molar-refractivity contribution in [2.24, 2.45) is 0 Å². The highest BCUT2D eigenvalue weighted by Gasteiger charge is 2.29. The molecule has 0 saturated heterocycles. The van der Waals surface area contributed by atoms with E-state index < -0.39 is 9.84 Å². The highest BCUT2D eigenvalue weighted by atomic mass is 32.2. The first kappa shape index (κ1) is 13.4. The third-order valence-corrected chi connectivity index (χ3v) is 4.61. The van der Waals surface area contributed by atoms with Crippen LogP contribution in [0, 0.1) is 0 Å². The first-order valence-corrected chi connectivity index (χ1v) is 8.94. The van der Waals surface area contributed by atoms with Gasteiger partial charge in [-0.2, -0.15) is 10.1 Å². The highest BCUT2D eigenvalue weighted by Crippen LogP contribution is 2.42. The average molecular weight is 314 g/mol. The van der Waals surface area contributed by atoms with Gasteiger partial charge in [-0.05, 0) is 18.9 Å². The van der Waals surface area contributed by atoms with Gasteiger partial charge in [-0.25, -0.2) is 18.1 Å². The topological polar surface area (TPSA) is 77.7 Å². The molecule has 1 aliphatic rings. The van der Waals surface area contributed by atoms with Crippen molar-refractivity contribution in [3.05, 3.63) is 42.2 Å². The van der Waals surface area contributed by atoms with Crippen molar-refractivity contribution >= 4 is 20.7 Å². The summed E-state index contributed by atoms with van der Waals surface area (Å²) in [6.45, 7) is 0. The number of aromatic nitrogens is 4. The Hall–Kier alpha value is -2.28. The molecule has 112 valence electrons. The zero-order chi connectivity index (χ0) is 15.3. The van der Waals surface area contributed by atoms with Crippen LogP contribution in [-0.2, 0) is 9.84 Å². The molecule has 0 spiro atoms. The van der Waals surface area contributed by atoms with Crippen molar-refractivity contribution in [1.82, 2.24) is 19.7 Å². The van der Waals surface area contributed by atoms with Crippen LogP contribution in [0.4, 0.5) is 0 Å². The minimum Gasteiger partial charge on any atom is -0.227 e. The number of fused-ring (bicyclic) bond motifs is 1. The summed E-state index contributed by atoms with van der Waals surface area (Å²) in [7, 11) is -3.45. The van der Waals surface area contributed by atoms with E-state index in [1.165, 1.54) is 6.20 Å². The number of rotatable bonds is 3. The van der Waals surface area contributed by atoms with Gasteiger partial charge in [0.05, 0.1) is 11.2 Å². The maximum absolute atomic E-state index is 11.6. The van der Waals surface area contributed by atoms with E-state index in [1.807, 2.05) is 24.3 Å². The molecule has 0 atom stereocenters. The van der Waals surface area contributed by atoms with Gasteiger partial charge in [0.2, 0.25) is 15.0 Å². The summed E-state index contributed by atoms with van der Waals surface area (Å²) < 4.78 is 25.0. The van der Waals surface area contributed by atoms with Crippen molar-refractivity contribution in [3.8, 4) is 5.82 Å². The SMILES string of the molecule is CS(=O)(=O)c1nccc(-n2nc(C3CC3)c3ccccc32)n1. The predicted molar refractivity (Wildman–Crippen MR) is 81.7 cm³/mol. The molecule has 2 aromatic heterocycles. The van der Waals surface area contributed by atoms with Gasteiger partial charge in [0.25, 0.3) is 0 Å². The Kier molecular flexibility index (Phi) is 2.80. The molecule has 1 saturated carbocycles. The van der Waals surface area contributed by atoms with Crippen LogP contribution < -0.4 is 0 Å². The molecule has 0 aliphatic heterocycles. The molecular weight excluding hydrogens is 300 g/mol. The zero-order valence-electron chi connectivity index (χ0n) is 12.0. The second kappa shape index (κ2) is 4.61. The monoisotopic (exact) mass is 314 g/mol. The summed E-state index contributed by atoms with van der Waals surface area (Å²) in [4.78, 5) is 7.99. The fraction of sp³-hybridized carbons (Fsp3) is 0.267. The van der Waals surface area contributed by atoms with Gasteiger partial charge in [0.1, 0.15) is 0 Å². The van der Waals surface area contributed by atoms with Gasteiger partial charge < -0.3 is 0 Å². The van der Waals surface area contributed by atoms with Gasteiger partial charge in [-0.15, -0.1) is 0 Å². The third-order valence-electron chi connectivity index (χ3n) is 3.75. The lowest BCUT2D eigenvalue weighted by Crippen LogP contribution is -2.08. The molecule has 1 aliphatic carbocycles. The minimum atomic E-state index is -3.45. The Morgan fingerprint density at radius 3 is 2.68 bits per heavy atom. The van der Waals surface area contributed by atoms with Crippen LogP contribution in [0.1, 0.15) is 24.5 Å². The average Bonchev–Trinajstić information content (AvgIpc) is 3.27. The molecule has 1 aromatic carbocycles. The molecule has 7 heteroatoms. The van der Waals surface area contributed by atoms with Crippen LogP contribution in [0.25, 0.3) is 16.7 Å². The molecule has 6 nitrogen and oxygen atoms in total. The van der Waals surface area contributed by atoms with Crippen LogP contribution in [0.15, 0.2) is 41.7 Å². The number of nitrogens with zero attached hydrogens (tertiary/aromatic N) is 4. The van der Waals surface area contributed by atoms with E-state index in [0.29, 0.717) is 11.7 Å². The maximum atomic E-state index is 11.6. The Bertz CT molecular complexity index is 974. The van der Waals surface area contributed by atoms with E-state index in [9.17, 15) is 8.42 Å². The van der Waals surface area contributed by atoms with E-state index in [2.05, 4.69) is 15.1 Å². The number of hydrogen-bond donors (Lipinski definition) is 0. The van der Waals surface area contributed by atoms with Gasteiger partial charge in [-0.1, -0.05) is 18.2 Å². The van der Waals surface area contributed by atoms with Crippen LogP contribution >= 0.6 is 0 Å². The molecule has 4 rings (SSSR count). The lowest BCUT2D eigenvalue weighted by Gasteiger charge is -2.03. The summed E-state index contributed by atoms with van der Waals surface area (Å²) in [5, 5.41) is 5.59. The summed E-state index contributed by atoms with van der Waals surface area (Å²) in [6.07, 6.45) is 4.85. The van der Waals surface area contributed by atoms with Crippen molar-refractivity contribution in [2.45, 2.75) is 23.9 Å². The van der Waals surface area contributed by atoms with E-state index >= 15 is 0 Å². The van der Waals surface area contributed by atoms with Crippen LogP contribution in [0.3, 0.4) is 0 Å². The second-order valence-corrected chi connectivity index (χ2v) is 7.47. The first-order chi connectivity index (χ1) is 10.5. The molecule has 0 radical (unpaired) electrons. The second-order valence-electron chi connectivity index (χ2n) is 5.56. The number of hydrogen-bond acceptors (Lipinski definition) is 5. The fourth-order valence-electron chi connectivity index (χ4n) is 2.55. The highest BCUT2D eigenvalue weighted by molar-refractivity contribution is 7.90. The Labute approximate surface area is 127 Å². The summed E-state index contributed by atoms with van der Waals surface area (Å²) in [5.41, 5.74) is 2.00. The van der Waals surface area contributed by atoms with E-state index in [-0.39, 0.29) is 5.16 Å². The first-order valence-electron chi connectivity index (χ1n) is 7.05. The molecular formula is C15H14N4O2S. The molecule has 22 heavy (non-hydrogen) atoms. The lowest BCUT2D eigenvalue weighted by atomic mass is 10.1. The normalized spacial score (nSPS) is 15.3. The largest absolute Gasteiger partial charge is 0.248 e. The minimum absolute atomic E-state index is 0.183. The quantitative estimate of drug-likeness (QED) is 0.692. The van der Waals surface area contributed by atoms with Crippen LogP contribution in [0.5, 0.6) is 0 Å². The molecule has 3 aromatic rings. The Balaban J connectivity index is 1.95. The van der Waals surface area contributed by atoms with Crippen molar-refractivity contribution < 1.29 is 8.42 Å². The Morgan fingerprint density at radius 1 is 1.18 bits per heavy atom. The number of sulfone groups is 1. The van der Waals surface area contributed by atoms with Crippen LogP contribution in [-0.4, -0.2) is 34.4 Å².